The predicted octanol–water partition coefficient (Wildman–Crippen LogP) is 3.80. The first-order valence-electron chi connectivity index (χ1n) is 9.14. The molecule has 2 rings (SSSR count). The summed E-state index contributed by atoms with van der Waals surface area (Å²) < 4.78 is 24.3. The number of halogens is 2. The molecule has 2 N–H and O–H groups in total. The Morgan fingerprint density at radius 1 is 1.00 bits per heavy atom. The van der Waals surface area contributed by atoms with Crippen LogP contribution in [0.2, 0.25) is 0 Å². The Hall–Kier alpha value is -2.03. The lowest BCUT2D eigenvalue weighted by Crippen LogP contribution is -2.38. The van der Waals surface area contributed by atoms with Crippen molar-refractivity contribution in [3.8, 4) is 11.5 Å². The normalized spacial score (nSPS) is 10.8. The number of methoxy groups -OCH3 is 2. The molecule has 0 fully saturated rings. The maximum absolute atomic E-state index is 13.7. The van der Waals surface area contributed by atoms with Crippen LogP contribution in [-0.2, 0) is 12.8 Å². The first-order chi connectivity index (χ1) is 13.2. The second-order valence-electron chi connectivity index (χ2n) is 5.97. The van der Waals surface area contributed by atoms with E-state index < -0.39 is 0 Å². The molecule has 0 radical (unpaired) electrons. The molecule has 0 heterocycles. The summed E-state index contributed by atoms with van der Waals surface area (Å²) >= 11 is 0. The van der Waals surface area contributed by atoms with Crippen molar-refractivity contribution in [2.24, 2.45) is 4.99 Å². The van der Waals surface area contributed by atoms with Gasteiger partial charge in [0.1, 0.15) is 5.82 Å². The Kier molecular flexibility index (Phi) is 11.3. The van der Waals surface area contributed by atoms with E-state index >= 15 is 0 Å². The van der Waals surface area contributed by atoms with Crippen molar-refractivity contribution in [3.63, 3.8) is 0 Å². The van der Waals surface area contributed by atoms with E-state index in [1.807, 2.05) is 31.2 Å². The van der Waals surface area contributed by atoms with Crippen LogP contribution >= 0.6 is 24.0 Å². The van der Waals surface area contributed by atoms with Crippen molar-refractivity contribution in [2.45, 2.75) is 19.8 Å². The number of ether oxygens (including phenoxy) is 2. The SMILES string of the molecule is CCNC(=NCCc1ccccc1F)NCCc1ccc(OC)c(OC)c1.I. The minimum atomic E-state index is -0.181. The third kappa shape index (κ3) is 7.53. The maximum atomic E-state index is 13.7. The first-order valence-corrected chi connectivity index (χ1v) is 9.14. The molecule has 0 aliphatic heterocycles. The smallest absolute Gasteiger partial charge is 0.191 e. The average Bonchev–Trinajstić information content (AvgIpc) is 2.69. The lowest BCUT2D eigenvalue weighted by molar-refractivity contribution is 0.354. The Balaban J connectivity index is 0.00000392. The number of nitrogens with zero attached hydrogens (tertiary/aromatic N) is 1. The fraction of sp³-hybridized carbons (Fsp3) is 0.381. The molecule has 0 aliphatic carbocycles. The summed E-state index contributed by atoms with van der Waals surface area (Å²) in [6, 6.07) is 12.7. The molecule has 0 aliphatic rings. The molecule has 0 amide bonds. The molecular formula is C21H29FIN3O2. The number of hydrogen-bond acceptors (Lipinski definition) is 3. The van der Waals surface area contributed by atoms with E-state index in [4.69, 9.17) is 9.47 Å². The van der Waals surface area contributed by atoms with Gasteiger partial charge in [0.25, 0.3) is 0 Å². The highest BCUT2D eigenvalue weighted by Crippen LogP contribution is 2.27. The quantitative estimate of drug-likeness (QED) is 0.312. The summed E-state index contributed by atoms with van der Waals surface area (Å²) in [4.78, 5) is 4.53. The van der Waals surface area contributed by atoms with Crippen LogP contribution in [0.25, 0.3) is 0 Å². The van der Waals surface area contributed by atoms with Crippen LogP contribution < -0.4 is 20.1 Å². The van der Waals surface area contributed by atoms with Crippen molar-refractivity contribution in [1.29, 1.82) is 0 Å². The molecule has 0 spiro atoms. The zero-order chi connectivity index (χ0) is 19.5. The largest absolute Gasteiger partial charge is 0.493 e. The van der Waals surface area contributed by atoms with Crippen molar-refractivity contribution in [1.82, 2.24) is 10.6 Å². The molecule has 28 heavy (non-hydrogen) atoms. The van der Waals surface area contributed by atoms with Crippen LogP contribution in [0, 0.1) is 5.82 Å². The van der Waals surface area contributed by atoms with Crippen LogP contribution in [-0.4, -0.2) is 39.8 Å². The predicted molar refractivity (Wildman–Crippen MR) is 123 cm³/mol. The second kappa shape index (κ2) is 13.2. The third-order valence-corrected chi connectivity index (χ3v) is 4.11. The molecule has 5 nitrogen and oxygen atoms in total. The zero-order valence-corrected chi connectivity index (χ0v) is 19.0. The lowest BCUT2D eigenvalue weighted by atomic mass is 10.1. The topological polar surface area (TPSA) is 54.9 Å². The maximum Gasteiger partial charge on any atom is 0.191 e. The minimum Gasteiger partial charge on any atom is -0.493 e. The number of aliphatic imine (C=N–C) groups is 1. The van der Waals surface area contributed by atoms with E-state index in [0.29, 0.717) is 18.5 Å². The van der Waals surface area contributed by atoms with Crippen molar-refractivity contribution in [3.05, 3.63) is 59.4 Å². The Bertz CT molecular complexity index is 756. The summed E-state index contributed by atoms with van der Waals surface area (Å²) in [5.74, 6) is 1.99. The standard InChI is InChI=1S/C21H28FN3O2.HI/c1-4-23-21(25-14-12-17-7-5-6-8-18(17)22)24-13-11-16-9-10-19(26-2)20(15-16)27-3;/h5-10,15H,4,11-14H2,1-3H3,(H2,23,24,25);1H. The van der Waals surface area contributed by atoms with Crippen molar-refractivity contribution < 1.29 is 13.9 Å². The summed E-state index contributed by atoms with van der Waals surface area (Å²) in [6.45, 7) is 4.03. The van der Waals surface area contributed by atoms with Gasteiger partial charge in [0.15, 0.2) is 17.5 Å². The van der Waals surface area contributed by atoms with Gasteiger partial charge in [0.2, 0.25) is 0 Å². The highest BCUT2D eigenvalue weighted by Gasteiger charge is 2.05. The summed E-state index contributed by atoms with van der Waals surface area (Å²) in [6.07, 6.45) is 1.39. The first kappa shape index (κ1) is 24.0. The molecule has 0 saturated carbocycles. The van der Waals surface area contributed by atoms with Crippen LogP contribution in [0.5, 0.6) is 11.5 Å². The van der Waals surface area contributed by atoms with Gasteiger partial charge >= 0.3 is 0 Å². The van der Waals surface area contributed by atoms with Gasteiger partial charge < -0.3 is 20.1 Å². The zero-order valence-electron chi connectivity index (χ0n) is 16.6. The molecule has 0 aromatic heterocycles. The fourth-order valence-electron chi connectivity index (χ4n) is 2.69. The van der Waals surface area contributed by atoms with Crippen LogP contribution in [0.15, 0.2) is 47.5 Å². The summed E-state index contributed by atoms with van der Waals surface area (Å²) in [7, 11) is 3.25. The van der Waals surface area contributed by atoms with Crippen molar-refractivity contribution in [2.75, 3.05) is 33.9 Å². The molecule has 0 saturated heterocycles. The van der Waals surface area contributed by atoms with Crippen LogP contribution in [0.1, 0.15) is 18.1 Å². The van der Waals surface area contributed by atoms with Gasteiger partial charge in [0.05, 0.1) is 14.2 Å². The van der Waals surface area contributed by atoms with Gasteiger partial charge in [0, 0.05) is 19.6 Å². The van der Waals surface area contributed by atoms with Gasteiger partial charge in [-0.05, 0) is 49.1 Å². The molecule has 7 heteroatoms. The average molecular weight is 501 g/mol. The lowest BCUT2D eigenvalue weighted by Gasteiger charge is -2.13. The van der Waals surface area contributed by atoms with Gasteiger partial charge in [-0.15, -0.1) is 24.0 Å². The van der Waals surface area contributed by atoms with Gasteiger partial charge in [-0.3, -0.25) is 4.99 Å². The molecule has 154 valence electrons. The number of guanidine groups is 1. The minimum absolute atomic E-state index is 0. The van der Waals surface area contributed by atoms with E-state index in [-0.39, 0.29) is 29.8 Å². The highest BCUT2D eigenvalue weighted by atomic mass is 127. The molecule has 0 unspecified atom stereocenters. The summed E-state index contributed by atoms with van der Waals surface area (Å²) in [5, 5.41) is 6.52. The Morgan fingerprint density at radius 2 is 1.75 bits per heavy atom. The third-order valence-electron chi connectivity index (χ3n) is 4.11. The van der Waals surface area contributed by atoms with E-state index in [1.165, 1.54) is 6.07 Å². The van der Waals surface area contributed by atoms with E-state index in [2.05, 4.69) is 15.6 Å². The van der Waals surface area contributed by atoms with Gasteiger partial charge in [-0.1, -0.05) is 24.3 Å². The molecular weight excluding hydrogens is 472 g/mol. The van der Waals surface area contributed by atoms with Crippen LogP contribution in [0.3, 0.4) is 0 Å². The molecule has 0 bridgehead atoms. The number of rotatable bonds is 9. The van der Waals surface area contributed by atoms with Gasteiger partial charge in [-0.25, -0.2) is 4.39 Å². The number of benzene rings is 2. The fourth-order valence-corrected chi connectivity index (χ4v) is 2.69. The second-order valence-corrected chi connectivity index (χ2v) is 5.97. The van der Waals surface area contributed by atoms with E-state index in [1.54, 1.807) is 26.4 Å². The number of nitrogens with one attached hydrogen (secondary N) is 2. The van der Waals surface area contributed by atoms with Crippen LogP contribution in [0.4, 0.5) is 4.39 Å². The number of hydrogen-bond donors (Lipinski definition) is 2. The summed E-state index contributed by atoms with van der Waals surface area (Å²) in [5.41, 5.74) is 1.82. The Labute approximate surface area is 183 Å². The molecule has 2 aromatic carbocycles. The molecule has 2 aromatic rings. The monoisotopic (exact) mass is 501 g/mol. The Morgan fingerprint density at radius 3 is 2.43 bits per heavy atom. The highest BCUT2D eigenvalue weighted by molar-refractivity contribution is 14.0. The molecule has 0 atom stereocenters. The van der Waals surface area contributed by atoms with Crippen molar-refractivity contribution >= 4 is 29.9 Å². The van der Waals surface area contributed by atoms with E-state index in [0.717, 1.165) is 42.5 Å². The van der Waals surface area contributed by atoms with E-state index in [9.17, 15) is 4.39 Å². The van der Waals surface area contributed by atoms with Gasteiger partial charge in [-0.2, -0.15) is 0 Å².